The van der Waals surface area contributed by atoms with Crippen LogP contribution in [0.2, 0.25) is 0 Å². The molecule has 0 aliphatic heterocycles. The van der Waals surface area contributed by atoms with E-state index < -0.39 is 18.3 Å². The SMILES string of the molecule is COc1cc(CCc2nc(C3(N)CCCC3)no2)ccc1OCC(F)(F)F.Cl. The number of hydrogen-bond acceptors (Lipinski definition) is 6. The van der Waals surface area contributed by atoms with Crippen LogP contribution in [0.3, 0.4) is 0 Å². The van der Waals surface area contributed by atoms with E-state index in [2.05, 4.69) is 10.1 Å². The van der Waals surface area contributed by atoms with Gasteiger partial charge in [0.1, 0.15) is 0 Å². The molecule has 0 spiro atoms. The van der Waals surface area contributed by atoms with Crippen LogP contribution < -0.4 is 15.2 Å². The largest absolute Gasteiger partial charge is 0.493 e. The third-order valence-electron chi connectivity index (χ3n) is 4.66. The lowest BCUT2D eigenvalue weighted by atomic mass is 9.99. The number of aryl methyl sites for hydroxylation is 2. The number of aromatic nitrogens is 2. The highest BCUT2D eigenvalue weighted by atomic mass is 35.5. The summed E-state index contributed by atoms with van der Waals surface area (Å²) in [7, 11) is 1.38. The Hall–Kier alpha value is -2.00. The standard InChI is InChI=1S/C18H22F3N3O3.ClH/c1-25-14-10-12(4-6-13(14)26-11-18(19,20)21)5-7-15-23-16(24-27-15)17(22)8-2-3-9-17;/h4,6,10H,2-3,5,7-9,11,22H2,1H3;1H. The third-order valence-corrected chi connectivity index (χ3v) is 4.66. The number of methoxy groups -OCH3 is 1. The number of halogens is 4. The Kier molecular flexibility index (Phi) is 7.16. The van der Waals surface area contributed by atoms with Crippen LogP contribution >= 0.6 is 12.4 Å². The fourth-order valence-electron chi connectivity index (χ4n) is 3.19. The van der Waals surface area contributed by atoms with E-state index >= 15 is 0 Å². The first-order valence-electron chi connectivity index (χ1n) is 8.77. The fourth-order valence-corrected chi connectivity index (χ4v) is 3.19. The van der Waals surface area contributed by atoms with Crippen molar-refractivity contribution >= 4 is 12.4 Å². The van der Waals surface area contributed by atoms with Gasteiger partial charge in [-0.3, -0.25) is 0 Å². The predicted octanol–water partition coefficient (Wildman–Crippen LogP) is 3.95. The molecule has 1 aliphatic rings. The van der Waals surface area contributed by atoms with Crippen LogP contribution in [0.4, 0.5) is 13.2 Å². The van der Waals surface area contributed by atoms with Crippen LogP contribution in [0.1, 0.15) is 43.0 Å². The lowest BCUT2D eigenvalue weighted by Crippen LogP contribution is -2.34. The van der Waals surface area contributed by atoms with Gasteiger partial charge < -0.3 is 19.7 Å². The molecule has 10 heteroatoms. The Morgan fingerprint density at radius 2 is 1.89 bits per heavy atom. The maximum atomic E-state index is 12.3. The second-order valence-corrected chi connectivity index (χ2v) is 6.76. The molecule has 6 nitrogen and oxygen atoms in total. The summed E-state index contributed by atoms with van der Waals surface area (Å²) in [5, 5.41) is 4.02. The quantitative estimate of drug-likeness (QED) is 0.728. The average Bonchev–Trinajstić information content (AvgIpc) is 3.27. The van der Waals surface area contributed by atoms with Crippen molar-refractivity contribution in [3.8, 4) is 11.5 Å². The van der Waals surface area contributed by atoms with Crippen molar-refractivity contribution in [3.63, 3.8) is 0 Å². The number of benzene rings is 1. The second-order valence-electron chi connectivity index (χ2n) is 6.76. The Bertz CT molecular complexity index is 777. The van der Waals surface area contributed by atoms with E-state index in [0.717, 1.165) is 31.2 Å². The van der Waals surface area contributed by atoms with Crippen molar-refractivity contribution in [2.75, 3.05) is 13.7 Å². The van der Waals surface area contributed by atoms with Gasteiger partial charge in [0.2, 0.25) is 5.89 Å². The zero-order valence-corrected chi connectivity index (χ0v) is 16.2. The molecule has 0 unspecified atom stereocenters. The first-order valence-corrected chi connectivity index (χ1v) is 8.77. The fraction of sp³-hybridized carbons (Fsp3) is 0.556. The van der Waals surface area contributed by atoms with Crippen molar-refractivity contribution in [1.29, 1.82) is 0 Å². The normalized spacial score (nSPS) is 15.9. The van der Waals surface area contributed by atoms with E-state index in [1.807, 2.05) is 0 Å². The van der Waals surface area contributed by atoms with Crippen LogP contribution in [-0.4, -0.2) is 30.0 Å². The topological polar surface area (TPSA) is 83.4 Å². The number of hydrogen-bond donors (Lipinski definition) is 1. The van der Waals surface area contributed by atoms with Gasteiger partial charge in [0.05, 0.1) is 12.6 Å². The van der Waals surface area contributed by atoms with E-state index in [1.54, 1.807) is 12.1 Å². The van der Waals surface area contributed by atoms with Crippen LogP contribution in [-0.2, 0) is 18.4 Å². The molecule has 0 amide bonds. The lowest BCUT2D eigenvalue weighted by Gasteiger charge is -2.17. The summed E-state index contributed by atoms with van der Waals surface area (Å²) in [4.78, 5) is 4.41. The van der Waals surface area contributed by atoms with Crippen LogP contribution in [0.15, 0.2) is 22.7 Å². The van der Waals surface area contributed by atoms with Crippen molar-refractivity contribution in [2.45, 2.75) is 50.2 Å². The maximum absolute atomic E-state index is 12.3. The molecule has 1 aliphatic carbocycles. The van der Waals surface area contributed by atoms with E-state index in [-0.39, 0.29) is 23.9 Å². The molecule has 1 saturated carbocycles. The zero-order valence-electron chi connectivity index (χ0n) is 15.4. The maximum Gasteiger partial charge on any atom is 0.422 e. The highest BCUT2D eigenvalue weighted by Crippen LogP contribution is 2.34. The predicted molar refractivity (Wildman–Crippen MR) is 97.8 cm³/mol. The van der Waals surface area contributed by atoms with E-state index in [9.17, 15) is 13.2 Å². The molecule has 0 saturated heterocycles. The molecule has 1 aromatic carbocycles. The van der Waals surface area contributed by atoms with Crippen LogP contribution in [0.5, 0.6) is 11.5 Å². The molecular weight excluding hydrogens is 399 g/mol. The summed E-state index contributed by atoms with van der Waals surface area (Å²) < 4.78 is 52.1. The number of nitrogens with zero attached hydrogens (tertiary/aromatic N) is 2. The number of rotatable bonds is 7. The molecular formula is C18H23ClF3N3O3. The minimum Gasteiger partial charge on any atom is -0.493 e. The highest BCUT2D eigenvalue weighted by molar-refractivity contribution is 5.85. The Labute approximate surface area is 167 Å². The van der Waals surface area contributed by atoms with Gasteiger partial charge in [-0.15, -0.1) is 12.4 Å². The van der Waals surface area contributed by atoms with Crippen molar-refractivity contribution < 1.29 is 27.2 Å². The minimum atomic E-state index is -4.40. The summed E-state index contributed by atoms with van der Waals surface area (Å²) in [6.07, 6.45) is 0.472. The van der Waals surface area contributed by atoms with Gasteiger partial charge in [0, 0.05) is 6.42 Å². The molecule has 1 heterocycles. The molecule has 28 heavy (non-hydrogen) atoms. The summed E-state index contributed by atoms with van der Waals surface area (Å²) in [5.41, 5.74) is 6.68. The molecule has 2 N–H and O–H groups in total. The van der Waals surface area contributed by atoms with Crippen molar-refractivity contribution in [1.82, 2.24) is 10.1 Å². The van der Waals surface area contributed by atoms with Gasteiger partial charge in [-0.1, -0.05) is 24.1 Å². The first-order chi connectivity index (χ1) is 12.8. The summed E-state index contributed by atoms with van der Waals surface area (Å²) in [6, 6.07) is 4.80. The Balaban J connectivity index is 0.00000280. The summed E-state index contributed by atoms with van der Waals surface area (Å²) >= 11 is 0. The molecule has 1 aromatic heterocycles. The van der Waals surface area contributed by atoms with Gasteiger partial charge in [0.15, 0.2) is 23.9 Å². The first kappa shape index (κ1) is 22.3. The molecule has 0 radical (unpaired) electrons. The van der Waals surface area contributed by atoms with Gasteiger partial charge in [0.25, 0.3) is 0 Å². The summed E-state index contributed by atoms with van der Waals surface area (Å²) in [5.74, 6) is 1.32. The van der Waals surface area contributed by atoms with Gasteiger partial charge in [-0.25, -0.2) is 0 Å². The Morgan fingerprint density at radius 1 is 1.18 bits per heavy atom. The van der Waals surface area contributed by atoms with E-state index in [1.165, 1.54) is 13.2 Å². The van der Waals surface area contributed by atoms with Crippen LogP contribution in [0, 0.1) is 0 Å². The summed E-state index contributed by atoms with van der Waals surface area (Å²) in [6.45, 7) is -1.37. The highest BCUT2D eigenvalue weighted by Gasteiger charge is 2.35. The average molecular weight is 422 g/mol. The smallest absolute Gasteiger partial charge is 0.422 e. The lowest BCUT2D eigenvalue weighted by molar-refractivity contribution is -0.153. The van der Waals surface area contributed by atoms with E-state index in [4.69, 9.17) is 19.7 Å². The molecule has 3 rings (SSSR count). The molecule has 156 valence electrons. The van der Waals surface area contributed by atoms with E-state index in [0.29, 0.717) is 24.6 Å². The second kappa shape index (κ2) is 9.00. The van der Waals surface area contributed by atoms with Crippen LogP contribution in [0.25, 0.3) is 0 Å². The molecule has 1 fully saturated rings. The monoisotopic (exact) mass is 421 g/mol. The number of ether oxygens (including phenoxy) is 2. The van der Waals surface area contributed by atoms with Crippen molar-refractivity contribution in [2.24, 2.45) is 5.73 Å². The van der Waals surface area contributed by atoms with Gasteiger partial charge in [-0.05, 0) is 37.0 Å². The number of alkyl halides is 3. The third kappa shape index (κ3) is 5.51. The zero-order chi connectivity index (χ0) is 19.5. The van der Waals surface area contributed by atoms with Gasteiger partial charge in [-0.2, -0.15) is 18.2 Å². The Morgan fingerprint density at radius 3 is 2.54 bits per heavy atom. The minimum absolute atomic E-state index is 0. The number of nitrogens with two attached hydrogens (primary N) is 1. The molecule has 2 aromatic rings. The molecule has 0 bridgehead atoms. The molecule has 0 atom stereocenters. The van der Waals surface area contributed by atoms with Gasteiger partial charge >= 0.3 is 6.18 Å². The van der Waals surface area contributed by atoms with Crippen molar-refractivity contribution in [3.05, 3.63) is 35.5 Å².